The van der Waals surface area contributed by atoms with Gasteiger partial charge < -0.3 is 27.7 Å². The maximum Gasteiger partial charge on any atom is 0.500 e. The van der Waals surface area contributed by atoms with Crippen LogP contribution in [-0.4, -0.2) is 78.3 Å². The van der Waals surface area contributed by atoms with E-state index in [0.717, 1.165) is 57.8 Å². The standard InChI is InChI=1S/C31H63NO7Si/c1-8-15-18-28(10-3)26-35-30(33)20-23-32(22-17-25-40(37-12-5,38-13-6)39-14-7)24-21-31(34)36-27-29(11-4)19-16-9-2/h28-29H,8-27H2,1-7H3. The van der Waals surface area contributed by atoms with Crippen molar-refractivity contribution in [2.45, 2.75) is 125 Å². The van der Waals surface area contributed by atoms with E-state index in [1.54, 1.807) is 0 Å². The van der Waals surface area contributed by atoms with Crippen molar-refractivity contribution >= 4 is 20.7 Å². The van der Waals surface area contributed by atoms with Crippen molar-refractivity contribution in [2.75, 3.05) is 52.7 Å². The van der Waals surface area contributed by atoms with Crippen LogP contribution in [0.3, 0.4) is 0 Å². The monoisotopic (exact) mass is 589 g/mol. The molecule has 0 heterocycles. The minimum Gasteiger partial charge on any atom is -0.465 e. The van der Waals surface area contributed by atoms with Crippen LogP contribution in [-0.2, 0) is 32.3 Å². The van der Waals surface area contributed by atoms with Gasteiger partial charge >= 0.3 is 20.7 Å². The summed E-state index contributed by atoms with van der Waals surface area (Å²) in [5.74, 6) is 0.498. The van der Waals surface area contributed by atoms with E-state index in [-0.39, 0.29) is 11.9 Å². The summed E-state index contributed by atoms with van der Waals surface area (Å²) in [5, 5.41) is 0. The topological polar surface area (TPSA) is 83.5 Å². The van der Waals surface area contributed by atoms with Crippen LogP contribution in [0.2, 0.25) is 6.04 Å². The van der Waals surface area contributed by atoms with Crippen LogP contribution in [0.15, 0.2) is 0 Å². The number of hydrogen-bond donors (Lipinski definition) is 0. The summed E-state index contributed by atoms with van der Waals surface area (Å²) in [4.78, 5) is 27.3. The smallest absolute Gasteiger partial charge is 0.465 e. The summed E-state index contributed by atoms with van der Waals surface area (Å²) >= 11 is 0. The SMILES string of the molecule is CCCCC(CC)COC(=O)CCN(CCC[Si](OCC)(OCC)OCC)CCC(=O)OCC(CC)CCCC. The van der Waals surface area contributed by atoms with Crippen LogP contribution in [0, 0.1) is 11.8 Å². The molecule has 0 saturated carbocycles. The van der Waals surface area contributed by atoms with Gasteiger partial charge in [0, 0.05) is 39.0 Å². The summed E-state index contributed by atoms with van der Waals surface area (Å²) < 4.78 is 29.2. The number of carbonyl (C=O) groups is 2. The molecule has 0 aromatic heterocycles. The predicted molar refractivity (Wildman–Crippen MR) is 164 cm³/mol. The number of esters is 2. The van der Waals surface area contributed by atoms with Gasteiger partial charge in [0.25, 0.3) is 0 Å². The second-order valence-electron chi connectivity index (χ2n) is 10.6. The van der Waals surface area contributed by atoms with Gasteiger partial charge in [-0.3, -0.25) is 9.59 Å². The summed E-state index contributed by atoms with van der Waals surface area (Å²) in [5.41, 5.74) is 0. The Bertz CT molecular complexity index is 569. The van der Waals surface area contributed by atoms with E-state index in [0.29, 0.717) is 83.4 Å². The average Bonchev–Trinajstić information content (AvgIpc) is 2.94. The van der Waals surface area contributed by atoms with E-state index in [2.05, 4.69) is 32.6 Å². The van der Waals surface area contributed by atoms with E-state index in [1.165, 1.54) is 0 Å². The zero-order valence-electron chi connectivity index (χ0n) is 27.1. The zero-order valence-corrected chi connectivity index (χ0v) is 28.1. The normalized spacial score (nSPS) is 13.4. The molecule has 0 N–H and O–H groups in total. The molecular weight excluding hydrogens is 526 g/mol. The third kappa shape index (κ3) is 19.2. The van der Waals surface area contributed by atoms with Crippen LogP contribution in [0.5, 0.6) is 0 Å². The highest BCUT2D eigenvalue weighted by molar-refractivity contribution is 6.60. The number of ether oxygens (including phenoxy) is 2. The molecule has 238 valence electrons. The molecule has 0 aliphatic heterocycles. The zero-order chi connectivity index (χ0) is 30.1. The molecule has 0 fully saturated rings. The molecule has 0 aliphatic rings. The second kappa shape index (κ2) is 25.7. The summed E-state index contributed by atoms with van der Waals surface area (Å²) in [6, 6.07) is 0.694. The lowest BCUT2D eigenvalue weighted by molar-refractivity contribution is -0.145. The Morgan fingerprint density at radius 3 is 1.40 bits per heavy atom. The predicted octanol–water partition coefficient (Wildman–Crippen LogP) is 7.03. The van der Waals surface area contributed by atoms with Crippen molar-refractivity contribution in [1.29, 1.82) is 0 Å². The Morgan fingerprint density at radius 1 is 0.625 bits per heavy atom. The molecule has 40 heavy (non-hydrogen) atoms. The maximum absolute atomic E-state index is 12.6. The summed E-state index contributed by atoms with van der Waals surface area (Å²) in [6.07, 6.45) is 10.3. The molecule has 8 nitrogen and oxygen atoms in total. The van der Waals surface area contributed by atoms with Gasteiger partial charge in [0.15, 0.2) is 0 Å². The first-order valence-corrected chi connectivity index (χ1v) is 18.2. The molecule has 0 spiro atoms. The lowest BCUT2D eigenvalue weighted by atomic mass is 10.0. The van der Waals surface area contributed by atoms with Crippen LogP contribution in [0.25, 0.3) is 0 Å². The van der Waals surface area contributed by atoms with Gasteiger partial charge in [-0.1, -0.05) is 66.2 Å². The van der Waals surface area contributed by atoms with Crippen LogP contribution in [0.4, 0.5) is 0 Å². The van der Waals surface area contributed by atoms with Crippen LogP contribution in [0.1, 0.15) is 119 Å². The Balaban J connectivity index is 5.03. The first-order chi connectivity index (χ1) is 19.3. The molecule has 0 aromatic rings. The average molecular weight is 590 g/mol. The van der Waals surface area contributed by atoms with Crippen molar-refractivity contribution in [1.82, 2.24) is 4.90 Å². The van der Waals surface area contributed by atoms with Gasteiger partial charge in [-0.25, -0.2) is 0 Å². The van der Waals surface area contributed by atoms with Crippen molar-refractivity contribution < 1.29 is 32.3 Å². The lowest BCUT2D eigenvalue weighted by Crippen LogP contribution is -2.46. The van der Waals surface area contributed by atoms with Crippen molar-refractivity contribution in [3.63, 3.8) is 0 Å². The third-order valence-corrected chi connectivity index (χ3v) is 10.5. The fourth-order valence-corrected chi connectivity index (χ4v) is 7.31. The van der Waals surface area contributed by atoms with E-state index >= 15 is 0 Å². The van der Waals surface area contributed by atoms with Crippen LogP contribution >= 0.6 is 0 Å². The number of unbranched alkanes of at least 4 members (excludes halogenated alkanes) is 2. The highest BCUT2D eigenvalue weighted by Gasteiger charge is 2.39. The summed E-state index contributed by atoms with van der Waals surface area (Å²) in [7, 11) is -2.74. The fraction of sp³-hybridized carbons (Fsp3) is 0.935. The number of carbonyl (C=O) groups excluding carboxylic acids is 2. The second-order valence-corrected chi connectivity index (χ2v) is 13.4. The van der Waals surface area contributed by atoms with Gasteiger partial charge in [-0.2, -0.15) is 0 Å². The largest absolute Gasteiger partial charge is 0.500 e. The Hall–Kier alpha value is -1.00. The van der Waals surface area contributed by atoms with Crippen molar-refractivity contribution in [2.24, 2.45) is 11.8 Å². The first-order valence-electron chi connectivity index (χ1n) is 16.3. The van der Waals surface area contributed by atoms with E-state index in [1.807, 2.05) is 20.8 Å². The van der Waals surface area contributed by atoms with Crippen LogP contribution < -0.4 is 0 Å². The quantitative estimate of drug-likeness (QED) is 0.0711. The molecule has 9 heteroatoms. The molecule has 2 atom stereocenters. The van der Waals surface area contributed by atoms with E-state index in [9.17, 15) is 9.59 Å². The Labute approximate surface area is 247 Å². The van der Waals surface area contributed by atoms with E-state index < -0.39 is 8.80 Å². The number of nitrogens with zero attached hydrogens (tertiary/aromatic N) is 1. The van der Waals surface area contributed by atoms with Crippen molar-refractivity contribution in [3.05, 3.63) is 0 Å². The highest BCUT2D eigenvalue weighted by atomic mass is 28.4. The minimum atomic E-state index is -2.74. The van der Waals surface area contributed by atoms with Crippen molar-refractivity contribution in [3.8, 4) is 0 Å². The third-order valence-electron chi connectivity index (χ3n) is 7.36. The Kier molecular flexibility index (Phi) is 25.0. The molecule has 0 amide bonds. The van der Waals surface area contributed by atoms with E-state index in [4.69, 9.17) is 22.8 Å². The van der Waals surface area contributed by atoms with Gasteiger partial charge in [-0.15, -0.1) is 0 Å². The van der Waals surface area contributed by atoms with Gasteiger partial charge in [0.2, 0.25) is 0 Å². The number of rotatable bonds is 28. The first kappa shape index (κ1) is 39.0. The lowest BCUT2D eigenvalue weighted by Gasteiger charge is -2.29. The van der Waals surface area contributed by atoms with Gasteiger partial charge in [0.1, 0.15) is 0 Å². The molecule has 2 unspecified atom stereocenters. The van der Waals surface area contributed by atoms with Gasteiger partial charge in [-0.05, 0) is 58.4 Å². The summed E-state index contributed by atoms with van der Waals surface area (Å²) in [6.45, 7) is 18.9. The molecule has 0 radical (unpaired) electrons. The fourth-order valence-electron chi connectivity index (χ4n) is 4.72. The molecule has 0 aliphatic carbocycles. The molecule has 0 saturated heterocycles. The minimum absolute atomic E-state index is 0.175. The molecule has 0 aromatic carbocycles. The maximum atomic E-state index is 12.6. The molecule has 0 bridgehead atoms. The highest BCUT2D eigenvalue weighted by Crippen LogP contribution is 2.19. The molecule has 0 rings (SSSR count). The Morgan fingerprint density at radius 2 is 1.05 bits per heavy atom. The molecular formula is C31H63NO7Si. The van der Waals surface area contributed by atoms with Gasteiger partial charge in [0.05, 0.1) is 26.1 Å². The number of hydrogen-bond acceptors (Lipinski definition) is 8.